The Morgan fingerprint density at radius 1 is 0.763 bits per heavy atom. The van der Waals surface area contributed by atoms with Crippen molar-refractivity contribution in [1.82, 2.24) is 0 Å². The third-order valence-corrected chi connectivity index (χ3v) is 5.20. The number of phenols is 2. The van der Waals surface area contributed by atoms with Crippen LogP contribution in [0, 0.1) is 0 Å². The van der Waals surface area contributed by atoms with Gasteiger partial charge in [0.15, 0.2) is 0 Å². The number of phenolic OH excluding ortho intramolecular Hbond substituents is 2. The first-order valence-electron chi connectivity index (χ1n) is 12.3. The third kappa shape index (κ3) is 13.9. The van der Waals surface area contributed by atoms with Crippen molar-refractivity contribution >= 4 is 24.4 Å². The molecule has 0 aliphatic heterocycles. The van der Waals surface area contributed by atoms with Gasteiger partial charge in [-0.15, -0.1) is 0 Å². The summed E-state index contributed by atoms with van der Waals surface area (Å²) in [5, 5.41) is 38.7. The molecule has 0 saturated carbocycles. The van der Waals surface area contributed by atoms with Crippen LogP contribution in [0.15, 0.2) is 34.3 Å². The first-order valence-corrected chi connectivity index (χ1v) is 12.3. The first kappa shape index (κ1) is 37.0. The van der Waals surface area contributed by atoms with E-state index in [1.165, 1.54) is 11.1 Å². The number of carboxylic acids is 2. The normalized spacial score (nSPS) is 10.6. The van der Waals surface area contributed by atoms with Crippen LogP contribution < -0.4 is 10.2 Å². The zero-order valence-electron chi connectivity index (χ0n) is 23.5. The molecule has 0 unspecified atom stereocenters. The minimum atomic E-state index is -1.08. The molecule has 38 heavy (non-hydrogen) atoms. The Kier molecular flexibility index (Phi) is 18.5. The molecule has 9 heteroatoms. The van der Waals surface area contributed by atoms with Crippen molar-refractivity contribution in [3.8, 4) is 11.5 Å². The van der Waals surface area contributed by atoms with Crippen molar-refractivity contribution in [1.29, 1.82) is 0 Å². The Balaban J connectivity index is 0. The maximum atomic E-state index is 10.4. The van der Waals surface area contributed by atoms with E-state index >= 15 is 0 Å². The molecule has 0 bridgehead atoms. The smallest absolute Gasteiger partial charge is 0.550 e. The Hall–Kier alpha value is -3.17. The fraction of sp³-hybridized carbons (Fsp3) is 0.448. The first-order chi connectivity index (χ1) is 17.2. The van der Waals surface area contributed by atoms with E-state index in [1.54, 1.807) is 12.4 Å². The SMILES string of the molecule is CC(=O)[O-].CC(=O)[O-].CCc1cc(C(C)C)cc(C=NCN=Cc2cc(C(C)C)cc(CC)c2O)c1O.[Co+2]. The minimum absolute atomic E-state index is 0. The Morgan fingerprint density at radius 2 is 1.05 bits per heavy atom. The van der Waals surface area contributed by atoms with E-state index in [2.05, 4.69) is 49.8 Å². The minimum Gasteiger partial charge on any atom is -0.550 e. The van der Waals surface area contributed by atoms with Crippen LogP contribution in [0.2, 0.25) is 0 Å². The van der Waals surface area contributed by atoms with E-state index in [9.17, 15) is 10.2 Å². The second-order valence-corrected chi connectivity index (χ2v) is 9.00. The second kappa shape index (κ2) is 19.0. The monoisotopic (exact) mass is 571 g/mol. The molecule has 0 fully saturated rings. The quantitative estimate of drug-likeness (QED) is 0.464. The van der Waals surface area contributed by atoms with Gasteiger partial charge in [-0.2, -0.15) is 0 Å². The van der Waals surface area contributed by atoms with Gasteiger partial charge < -0.3 is 30.0 Å². The molecule has 2 aromatic carbocycles. The van der Waals surface area contributed by atoms with E-state index in [0.29, 0.717) is 23.3 Å². The maximum absolute atomic E-state index is 10.4. The number of aliphatic imine (C=N–C) groups is 2. The molecule has 0 aliphatic rings. The number of aryl methyl sites for hydroxylation is 2. The van der Waals surface area contributed by atoms with Crippen molar-refractivity contribution in [2.24, 2.45) is 9.98 Å². The van der Waals surface area contributed by atoms with Crippen molar-refractivity contribution in [3.63, 3.8) is 0 Å². The molecule has 0 aliphatic carbocycles. The number of carboxylic acid groups (broad SMARTS) is 2. The van der Waals surface area contributed by atoms with Crippen LogP contribution in [-0.2, 0) is 39.2 Å². The average Bonchev–Trinajstić information content (AvgIpc) is 2.79. The van der Waals surface area contributed by atoms with Crippen LogP contribution in [0.1, 0.15) is 101 Å². The summed E-state index contributed by atoms with van der Waals surface area (Å²) in [4.78, 5) is 26.5. The summed E-state index contributed by atoms with van der Waals surface area (Å²) in [5.74, 6) is -0.816. The number of aromatic hydroxyl groups is 2. The van der Waals surface area contributed by atoms with Crippen LogP contribution in [0.5, 0.6) is 11.5 Å². The van der Waals surface area contributed by atoms with E-state index in [-0.39, 0.29) is 23.4 Å². The maximum Gasteiger partial charge on any atom is 2.00 e. The summed E-state index contributed by atoms with van der Waals surface area (Å²) in [6.45, 7) is 14.8. The molecule has 2 aromatic rings. The number of carbonyl (C=O) groups excluding carboxylic acids is 2. The van der Waals surface area contributed by atoms with Crippen LogP contribution in [0.3, 0.4) is 0 Å². The molecular weight excluding hydrogens is 531 g/mol. The van der Waals surface area contributed by atoms with Crippen LogP contribution in [-0.4, -0.2) is 41.2 Å². The molecule has 1 radical (unpaired) electrons. The van der Waals surface area contributed by atoms with Gasteiger partial charge >= 0.3 is 16.8 Å². The third-order valence-electron chi connectivity index (χ3n) is 5.20. The summed E-state index contributed by atoms with van der Waals surface area (Å²) >= 11 is 0. The van der Waals surface area contributed by atoms with E-state index in [1.807, 2.05) is 26.0 Å². The van der Waals surface area contributed by atoms with Gasteiger partial charge in [-0.05, 0) is 72.9 Å². The predicted molar refractivity (Wildman–Crippen MR) is 145 cm³/mol. The van der Waals surface area contributed by atoms with Crippen molar-refractivity contribution < 1.29 is 46.8 Å². The van der Waals surface area contributed by atoms with Gasteiger partial charge in [0.2, 0.25) is 0 Å². The number of hydrogen-bond donors (Lipinski definition) is 2. The van der Waals surface area contributed by atoms with E-state index in [0.717, 1.165) is 48.9 Å². The molecule has 0 amide bonds. The number of rotatable bonds is 8. The van der Waals surface area contributed by atoms with Gasteiger partial charge in [0, 0.05) is 35.5 Å². The van der Waals surface area contributed by atoms with Crippen LogP contribution in [0.4, 0.5) is 0 Å². The number of benzene rings is 2. The van der Waals surface area contributed by atoms with Gasteiger partial charge in [-0.1, -0.05) is 53.7 Å². The molecule has 0 atom stereocenters. The summed E-state index contributed by atoms with van der Waals surface area (Å²) in [5.41, 5.74) is 5.69. The molecule has 0 heterocycles. The van der Waals surface area contributed by atoms with Gasteiger partial charge in [-0.25, -0.2) is 0 Å². The van der Waals surface area contributed by atoms with Gasteiger partial charge in [0.25, 0.3) is 0 Å². The van der Waals surface area contributed by atoms with Gasteiger partial charge in [-0.3, -0.25) is 9.98 Å². The molecule has 0 saturated heterocycles. The summed E-state index contributed by atoms with van der Waals surface area (Å²) < 4.78 is 0. The summed E-state index contributed by atoms with van der Waals surface area (Å²) in [7, 11) is 0. The molecule has 2 N–H and O–H groups in total. The van der Waals surface area contributed by atoms with Crippen molar-refractivity contribution in [3.05, 3.63) is 57.6 Å². The largest absolute Gasteiger partial charge is 2.00 e. The topological polar surface area (TPSA) is 145 Å². The molecule has 0 aromatic heterocycles. The molecule has 2 rings (SSSR count). The Morgan fingerprint density at radius 3 is 1.29 bits per heavy atom. The number of aliphatic carboxylic acids is 2. The zero-order valence-corrected chi connectivity index (χ0v) is 24.5. The molecular formula is C29H40CoN2O6. The zero-order chi connectivity index (χ0) is 28.7. The number of nitrogens with zero attached hydrogens (tertiary/aromatic N) is 2. The fourth-order valence-corrected chi connectivity index (χ4v) is 3.22. The standard InChI is InChI=1S/C25H34N2O2.2C2H4O2.Co/c1-7-18-9-20(16(3)4)11-22(24(18)28)13-26-15-27-14-23-12-21(17(5)6)10-19(8-2)25(23)29;2*1-2(3)4;/h9-14,16-17,28-29H,7-8,15H2,1-6H3;2*1H3,(H,3,4);/q;;;+2/p-2. The second-order valence-electron chi connectivity index (χ2n) is 9.00. The van der Waals surface area contributed by atoms with Crippen LogP contribution in [0.25, 0.3) is 0 Å². The van der Waals surface area contributed by atoms with E-state index in [4.69, 9.17) is 19.8 Å². The Labute approximate surface area is 236 Å². The fourth-order valence-electron chi connectivity index (χ4n) is 3.22. The van der Waals surface area contributed by atoms with E-state index < -0.39 is 11.9 Å². The number of hydrogen-bond acceptors (Lipinski definition) is 8. The molecule has 0 spiro atoms. The van der Waals surface area contributed by atoms with Crippen molar-refractivity contribution in [2.45, 2.75) is 80.1 Å². The van der Waals surface area contributed by atoms with Gasteiger partial charge in [0.1, 0.15) is 18.2 Å². The van der Waals surface area contributed by atoms with Crippen molar-refractivity contribution in [2.75, 3.05) is 6.67 Å². The molecule has 211 valence electrons. The summed E-state index contributed by atoms with van der Waals surface area (Å²) in [6.07, 6.45) is 4.91. The predicted octanol–water partition coefficient (Wildman–Crippen LogP) is 3.47. The Bertz CT molecular complexity index is 1000. The average molecular weight is 572 g/mol. The van der Waals surface area contributed by atoms with Crippen LogP contribution >= 0.6 is 0 Å². The van der Waals surface area contributed by atoms with Gasteiger partial charge in [0.05, 0.1) is 0 Å². The molecule has 8 nitrogen and oxygen atoms in total. The number of carbonyl (C=O) groups is 2. The summed E-state index contributed by atoms with van der Waals surface area (Å²) in [6, 6.07) is 8.09.